The van der Waals surface area contributed by atoms with Crippen LogP contribution in [0.2, 0.25) is 0 Å². The fraction of sp³-hybridized carbons (Fsp3) is 0.588. The number of carbonyl (C=O) groups is 1. The summed E-state index contributed by atoms with van der Waals surface area (Å²) in [6.07, 6.45) is -0.193. The number of hydrogen-bond donors (Lipinski definition) is 0. The summed E-state index contributed by atoms with van der Waals surface area (Å²) in [5.41, 5.74) is 2.23. The Kier molecular flexibility index (Phi) is 3.77. The van der Waals surface area contributed by atoms with Gasteiger partial charge in [0, 0.05) is 39.1 Å². The van der Waals surface area contributed by atoms with E-state index in [4.69, 9.17) is 4.74 Å². The van der Waals surface area contributed by atoms with Crippen molar-refractivity contribution >= 4 is 11.8 Å². The number of carbonyl (C=O) groups excluding carboxylic acids is 1. The molecule has 0 N–H and O–H groups in total. The van der Waals surface area contributed by atoms with Crippen LogP contribution in [0.4, 0.5) is 10.5 Å². The molecule has 2 heterocycles. The number of para-hydroxylation sites is 1. The minimum Gasteiger partial charge on any atom is -0.444 e. The second kappa shape index (κ2) is 5.47. The van der Waals surface area contributed by atoms with Crippen LogP contribution in [0.1, 0.15) is 26.3 Å². The van der Waals surface area contributed by atoms with Crippen LogP contribution in [0.15, 0.2) is 24.3 Å². The zero-order chi connectivity index (χ0) is 15.9. The van der Waals surface area contributed by atoms with Crippen molar-refractivity contribution in [3.05, 3.63) is 29.8 Å². The number of fused-ring (bicyclic) bond motifs is 1. The smallest absolute Gasteiger partial charge is 0.410 e. The Morgan fingerprint density at radius 2 is 1.95 bits per heavy atom. The lowest BCUT2D eigenvalue weighted by Gasteiger charge is -2.42. The van der Waals surface area contributed by atoms with Crippen molar-refractivity contribution in [1.82, 2.24) is 9.91 Å². The van der Waals surface area contributed by atoms with Crippen LogP contribution in [-0.2, 0) is 11.3 Å². The average Bonchev–Trinajstić information content (AvgIpc) is 2.68. The maximum absolute atomic E-state index is 11.9. The third-order valence-corrected chi connectivity index (χ3v) is 4.20. The van der Waals surface area contributed by atoms with Gasteiger partial charge in [0.25, 0.3) is 0 Å². The summed E-state index contributed by atoms with van der Waals surface area (Å²) < 4.78 is 5.39. The standard InChI is InChI=1S/C17H25N3O2/c1-17(2,3)22-16(21)19-9-13(10-19)11-20-12-14-7-5-6-8-15(14)18(20)4/h5-8,13H,9-12H2,1-4H3. The topological polar surface area (TPSA) is 36.0 Å². The molecule has 0 unspecified atom stereocenters. The monoisotopic (exact) mass is 303 g/mol. The highest BCUT2D eigenvalue weighted by Gasteiger charge is 2.36. The van der Waals surface area contributed by atoms with Gasteiger partial charge in [-0.3, -0.25) is 0 Å². The van der Waals surface area contributed by atoms with Crippen LogP contribution in [0.25, 0.3) is 0 Å². The molecule has 0 saturated carbocycles. The highest BCUT2D eigenvalue weighted by Crippen LogP contribution is 2.31. The van der Waals surface area contributed by atoms with E-state index in [-0.39, 0.29) is 6.09 Å². The Morgan fingerprint density at radius 1 is 1.27 bits per heavy atom. The molecule has 0 radical (unpaired) electrons. The number of hydrazine groups is 1. The molecule has 1 fully saturated rings. The summed E-state index contributed by atoms with van der Waals surface area (Å²) in [7, 11) is 2.11. The van der Waals surface area contributed by atoms with E-state index in [9.17, 15) is 4.79 Å². The highest BCUT2D eigenvalue weighted by molar-refractivity contribution is 5.69. The molecule has 22 heavy (non-hydrogen) atoms. The van der Waals surface area contributed by atoms with Crippen LogP contribution >= 0.6 is 0 Å². The first-order valence-corrected chi connectivity index (χ1v) is 7.88. The van der Waals surface area contributed by atoms with Crippen molar-refractivity contribution in [2.75, 3.05) is 31.7 Å². The molecular formula is C17H25N3O2. The maximum Gasteiger partial charge on any atom is 0.410 e. The first-order valence-electron chi connectivity index (χ1n) is 7.88. The third kappa shape index (κ3) is 3.04. The quantitative estimate of drug-likeness (QED) is 0.841. The summed E-state index contributed by atoms with van der Waals surface area (Å²) in [6.45, 7) is 9.21. The van der Waals surface area contributed by atoms with Gasteiger partial charge in [-0.1, -0.05) is 18.2 Å². The van der Waals surface area contributed by atoms with E-state index in [1.54, 1.807) is 4.90 Å². The van der Waals surface area contributed by atoms with E-state index in [1.165, 1.54) is 11.3 Å². The number of ether oxygens (including phenoxy) is 1. The number of rotatable bonds is 2. The van der Waals surface area contributed by atoms with Gasteiger partial charge in [-0.2, -0.15) is 0 Å². The van der Waals surface area contributed by atoms with E-state index >= 15 is 0 Å². The minimum atomic E-state index is -0.418. The van der Waals surface area contributed by atoms with Crippen molar-refractivity contribution in [2.24, 2.45) is 5.92 Å². The molecule has 0 bridgehead atoms. The molecule has 0 aromatic heterocycles. The molecule has 1 amide bonds. The molecule has 2 aliphatic rings. The molecule has 120 valence electrons. The summed E-state index contributed by atoms with van der Waals surface area (Å²) in [5, 5.41) is 4.58. The summed E-state index contributed by atoms with van der Waals surface area (Å²) in [6, 6.07) is 8.50. The van der Waals surface area contributed by atoms with Gasteiger partial charge in [-0.05, 0) is 32.4 Å². The van der Waals surface area contributed by atoms with Gasteiger partial charge in [0.1, 0.15) is 5.60 Å². The number of amides is 1. The molecule has 5 heteroatoms. The molecule has 1 aromatic carbocycles. The lowest BCUT2D eigenvalue weighted by molar-refractivity contribution is -0.00659. The van der Waals surface area contributed by atoms with Crippen molar-refractivity contribution in [2.45, 2.75) is 32.9 Å². The van der Waals surface area contributed by atoms with Crippen LogP contribution in [0.3, 0.4) is 0 Å². The normalized spacial score (nSPS) is 19.1. The molecular weight excluding hydrogens is 278 g/mol. The van der Waals surface area contributed by atoms with Crippen molar-refractivity contribution < 1.29 is 9.53 Å². The van der Waals surface area contributed by atoms with Crippen LogP contribution in [0, 0.1) is 5.92 Å². The summed E-state index contributed by atoms with van der Waals surface area (Å²) >= 11 is 0. The van der Waals surface area contributed by atoms with E-state index in [0.717, 1.165) is 26.2 Å². The Morgan fingerprint density at radius 3 is 2.59 bits per heavy atom. The first-order chi connectivity index (χ1) is 10.3. The van der Waals surface area contributed by atoms with Crippen molar-refractivity contribution in [3.8, 4) is 0 Å². The predicted octanol–water partition coefficient (Wildman–Crippen LogP) is 2.72. The molecule has 3 rings (SSSR count). The second-order valence-electron chi connectivity index (χ2n) is 7.25. The Bertz CT molecular complexity index is 561. The van der Waals surface area contributed by atoms with Crippen LogP contribution in [-0.4, -0.2) is 48.3 Å². The van der Waals surface area contributed by atoms with Gasteiger partial charge < -0.3 is 14.6 Å². The molecule has 0 atom stereocenters. The van der Waals surface area contributed by atoms with E-state index in [2.05, 4.69) is 41.3 Å². The first kappa shape index (κ1) is 15.2. The molecule has 1 aromatic rings. The third-order valence-electron chi connectivity index (χ3n) is 4.20. The zero-order valence-corrected chi connectivity index (χ0v) is 13.9. The van der Waals surface area contributed by atoms with Gasteiger partial charge >= 0.3 is 6.09 Å². The van der Waals surface area contributed by atoms with Gasteiger partial charge in [-0.25, -0.2) is 9.80 Å². The second-order valence-corrected chi connectivity index (χ2v) is 7.25. The summed E-state index contributed by atoms with van der Waals surface area (Å²) in [5.74, 6) is 0.518. The van der Waals surface area contributed by atoms with Crippen molar-refractivity contribution in [1.29, 1.82) is 0 Å². The number of benzene rings is 1. The number of anilines is 1. The van der Waals surface area contributed by atoms with E-state index < -0.39 is 5.60 Å². The number of hydrogen-bond acceptors (Lipinski definition) is 4. The van der Waals surface area contributed by atoms with Crippen LogP contribution < -0.4 is 5.01 Å². The molecule has 5 nitrogen and oxygen atoms in total. The van der Waals surface area contributed by atoms with Crippen molar-refractivity contribution in [3.63, 3.8) is 0 Å². The Balaban J connectivity index is 1.49. The lowest BCUT2D eigenvalue weighted by atomic mass is 10.0. The molecule has 0 aliphatic carbocycles. The van der Waals surface area contributed by atoms with E-state index in [0.29, 0.717) is 5.92 Å². The highest BCUT2D eigenvalue weighted by atomic mass is 16.6. The predicted molar refractivity (Wildman–Crippen MR) is 86.6 cm³/mol. The fourth-order valence-electron chi connectivity index (χ4n) is 3.06. The zero-order valence-electron chi connectivity index (χ0n) is 13.9. The number of likely N-dealkylation sites (tertiary alicyclic amines) is 1. The summed E-state index contributed by atoms with van der Waals surface area (Å²) in [4.78, 5) is 13.7. The SMILES string of the molecule is CN1c2ccccc2CN1CC1CN(C(=O)OC(C)(C)C)C1. The fourth-order valence-corrected chi connectivity index (χ4v) is 3.06. The van der Waals surface area contributed by atoms with Gasteiger partial charge in [0.2, 0.25) is 0 Å². The van der Waals surface area contributed by atoms with Gasteiger partial charge in [-0.15, -0.1) is 0 Å². The van der Waals surface area contributed by atoms with Crippen LogP contribution in [0.5, 0.6) is 0 Å². The number of nitrogens with zero attached hydrogens (tertiary/aromatic N) is 3. The maximum atomic E-state index is 11.9. The molecule has 2 aliphatic heterocycles. The Labute approximate surface area is 132 Å². The van der Waals surface area contributed by atoms with Gasteiger partial charge in [0.05, 0.1) is 5.69 Å². The molecule has 1 saturated heterocycles. The lowest BCUT2D eigenvalue weighted by Crippen LogP contribution is -2.55. The minimum absolute atomic E-state index is 0.193. The Hall–Kier alpha value is -1.75. The van der Waals surface area contributed by atoms with E-state index in [1.807, 2.05) is 20.8 Å². The largest absolute Gasteiger partial charge is 0.444 e. The molecule has 0 spiro atoms. The van der Waals surface area contributed by atoms with Gasteiger partial charge in [0.15, 0.2) is 0 Å². The average molecular weight is 303 g/mol.